The Balaban J connectivity index is 1.98. The Morgan fingerprint density at radius 2 is 2.17 bits per heavy atom. The van der Waals surface area contributed by atoms with Crippen molar-refractivity contribution in [3.05, 3.63) is 35.4 Å². The smallest absolute Gasteiger partial charge is 0.222 e. The van der Waals surface area contributed by atoms with E-state index in [4.69, 9.17) is 5.73 Å². The molecule has 0 radical (unpaired) electrons. The van der Waals surface area contributed by atoms with Crippen LogP contribution in [0.3, 0.4) is 0 Å². The van der Waals surface area contributed by atoms with Gasteiger partial charge in [-0.2, -0.15) is 0 Å². The number of rotatable bonds is 5. The molecule has 1 aliphatic rings. The zero-order chi connectivity index (χ0) is 13.0. The minimum absolute atomic E-state index is 0.241. The lowest BCUT2D eigenvalue weighted by atomic mass is 10.1. The molecule has 0 aromatic heterocycles. The molecule has 1 aromatic rings. The third kappa shape index (κ3) is 2.72. The van der Waals surface area contributed by atoms with Gasteiger partial charge in [-0.1, -0.05) is 24.3 Å². The predicted molar refractivity (Wildman–Crippen MR) is 73.2 cm³/mol. The molecule has 3 nitrogen and oxygen atoms in total. The van der Waals surface area contributed by atoms with Gasteiger partial charge in [-0.3, -0.25) is 4.79 Å². The van der Waals surface area contributed by atoms with Gasteiger partial charge in [0, 0.05) is 13.5 Å². The molecular weight excluding hydrogens is 224 g/mol. The van der Waals surface area contributed by atoms with Crippen LogP contribution in [0.2, 0.25) is 0 Å². The quantitative estimate of drug-likeness (QED) is 0.810. The lowest BCUT2D eigenvalue weighted by Gasteiger charge is -2.25. The van der Waals surface area contributed by atoms with Crippen molar-refractivity contribution in [1.29, 1.82) is 0 Å². The molecule has 1 aromatic carbocycles. The third-order valence-electron chi connectivity index (χ3n) is 3.81. The number of nitrogens with zero attached hydrogens (tertiary/aromatic N) is 1. The van der Waals surface area contributed by atoms with Gasteiger partial charge in [0.2, 0.25) is 5.91 Å². The van der Waals surface area contributed by atoms with Crippen LogP contribution in [0.4, 0.5) is 0 Å². The molecule has 1 amide bonds. The Morgan fingerprint density at radius 3 is 2.94 bits per heavy atom. The molecule has 0 fully saturated rings. The van der Waals surface area contributed by atoms with E-state index in [1.165, 1.54) is 11.1 Å². The van der Waals surface area contributed by atoms with E-state index in [-0.39, 0.29) is 11.9 Å². The molecule has 0 bridgehead atoms. The maximum Gasteiger partial charge on any atom is 0.222 e. The average Bonchev–Trinajstić information content (AvgIpc) is 2.82. The van der Waals surface area contributed by atoms with Gasteiger partial charge in [0.05, 0.1) is 6.04 Å². The first kappa shape index (κ1) is 13.1. The summed E-state index contributed by atoms with van der Waals surface area (Å²) in [5.41, 5.74) is 8.17. The Bertz CT molecular complexity index is 417. The minimum Gasteiger partial charge on any atom is -0.339 e. The van der Waals surface area contributed by atoms with E-state index in [9.17, 15) is 4.79 Å². The van der Waals surface area contributed by atoms with E-state index < -0.39 is 0 Å². The number of benzene rings is 1. The van der Waals surface area contributed by atoms with Crippen LogP contribution in [0.25, 0.3) is 0 Å². The first-order valence-corrected chi connectivity index (χ1v) is 6.77. The van der Waals surface area contributed by atoms with Crippen LogP contribution < -0.4 is 5.73 Å². The normalized spacial score (nSPS) is 17.6. The highest BCUT2D eigenvalue weighted by Gasteiger charge is 2.27. The van der Waals surface area contributed by atoms with Crippen molar-refractivity contribution < 1.29 is 4.79 Å². The van der Waals surface area contributed by atoms with Gasteiger partial charge in [-0.25, -0.2) is 0 Å². The van der Waals surface area contributed by atoms with E-state index in [0.717, 1.165) is 25.7 Å². The van der Waals surface area contributed by atoms with Crippen molar-refractivity contribution in [2.45, 2.75) is 38.1 Å². The van der Waals surface area contributed by atoms with Gasteiger partial charge in [-0.05, 0) is 43.4 Å². The van der Waals surface area contributed by atoms with Crippen molar-refractivity contribution in [1.82, 2.24) is 4.90 Å². The number of aryl methyl sites for hydroxylation is 1. The van der Waals surface area contributed by atoms with Crippen LogP contribution in [-0.4, -0.2) is 24.4 Å². The molecule has 18 heavy (non-hydrogen) atoms. The average molecular weight is 246 g/mol. The van der Waals surface area contributed by atoms with Crippen LogP contribution >= 0.6 is 0 Å². The fourth-order valence-electron chi connectivity index (χ4n) is 2.71. The molecule has 1 atom stereocenters. The molecule has 98 valence electrons. The molecule has 0 aliphatic heterocycles. The summed E-state index contributed by atoms with van der Waals surface area (Å²) in [6.45, 7) is 0.670. The van der Waals surface area contributed by atoms with Crippen molar-refractivity contribution >= 4 is 5.91 Å². The summed E-state index contributed by atoms with van der Waals surface area (Å²) in [4.78, 5) is 14.0. The van der Waals surface area contributed by atoms with Gasteiger partial charge in [0.15, 0.2) is 0 Å². The highest BCUT2D eigenvalue weighted by molar-refractivity contribution is 5.76. The number of unbranched alkanes of at least 4 members (excludes halogenated alkanes) is 1. The number of nitrogens with two attached hydrogens (primary N) is 1. The molecule has 1 aliphatic carbocycles. The number of fused-ring (bicyclic) bond motifs is 1. The summed E-state index contributed by atoms with van der Waals surface area (Å²) < 4.78 is 0. The maximum absolute atomic E-state index is 12.1. The van der Waals surface area contributed by atoms with Crippen molar-refractivity contribution in [3.8, 4) is 0 Å². The van der Waals surface area contributed by atoms with Gasteiger partial charge >= 0.3 is 0 Å². The topological polar surface area (TPSA) is 46.3 Å². The van der Waals surface area contributed by atoms with Crippen molar-refractivity contribution in [3.63, 3.8) is 0 Å². The van der Waals surface area contributed by atoms with E-state index in [0.29, 0.717) is 13.0 Å². The fraction of sp³-hybridized carbons (Fsp3) is 0.533. The van der Waals surface area contributed by atoms with Crippen LogP contribution in [-0.2, 0) is 11.2 Å². The standard InChI is InChI=1S/C15H22N2O/c1-17(15(18)8-4-5-11-16)14-10-9-12-6-2-3-7-13(12)14/h2-3,6-7,14H,4-5,8-11,16H2,1H3. The summed E-state index contributed by atoms with van der Waals surface area (Å²) in [6, 6.07) is 8.72. The third-order valence-corrected chi connectivity index (χ3v) is 3.81. The number of carbonyl (C=O) groups is 1. The van der Waals surface area contributed by atoms with E-state index in [1.807, 2.05) is 11.9 Å². The zero-order valence-corrected chi connectivity index (χ0v) is 11.1. The lowest BCUT2D eigenvalue weighted by Crippen LogP contribution is -2.29. The minimum atomic E-state index is 0.241. The predicted octanol–water partition coefficient (Wildman–Crippen LogP) is 2.26. The highest BCUT2D eigenvalue weighted by Crippen LogP contribution is 2.35. The lowest BCUT2D eigenvalue weighted by molar-refractivity contribution is -0.132. The van der Waals surface area contributed by atoms with Crippen molar-refractivity contribution in [2.24, 2.45) is 5.73 Å². The Morgan fingerprint density at radius 1 is 1.39 bits per heavy atom. The fourth-order valence-corrected chi connectivity index (χ4v) is 2.71. The second kappa shape index (κ2) is 6.01. The molecule has 0 saturated carbocycles. The molecule has 0 saturated heterocycles. The second-order valence-corrected chi connectivity index (χ2v) is 5.00. The van der Waals surface area contributed by atoms with Crippen LogP contribution in [0.15, 0.2) is 24.3 Å². The summed E-state index contributed by atoms with van der Waals surface area (Å²) in [7, 11) is 1.93. The Labute approximate surface area is 109 Å². The number of hydrogen-bond acceptors (Lipinski definition) is 2. The molecule has 3 heteroatoms. The van der Waals surface area contributed by atoms with Crippen LogP contribution in [0.1, 0.15) is 42.9 Å². The summed E-state index contributed by atoms with van der Waals surface area (Å²) >= 11 is 0. The number of carbonyl (C=O) groups excluding carboxylic acids is 1. The highest BCUT2D eigenvalue weighted by atomic mass is 16.2. The largest absolute Gasteiger partial charge is 0.339 e. The molecule has 2 rings (SSSR count). The first-order valence-electron chi connectivity index (χ1n) is 6.77. The van der Waals surface area contributed by atoms with Crippen LogP contribution in [0, 0.1) is 0 Å². The SMILES string of the molecule is CN(C(=O)CCCCN)C1CCc2ccccc21. The molecular formula is C15H22N2O. The molecule has 0 heterocycles. The van der Waals surface area contributed by atoms with E-state index in [2.05, 4.69) is 24.3 Å². The number of amides is 1. The Kier molecular flexibility index (Phi) is 4.37. The van der Waals surface area contributed by atoms with Crippen molar-refractivity contribution in [2.75, 3.05) is 13.6 Å². The molecule has 2 N–H and O–H groups in total. The first-order chi connectivity index (χ1) is 8.74. The summed E-state index contributed by atoms with van der Waals surface area (Å²) in [6.07, 6.45) is 4.58. The van der Waals surface area contributed by atoms with Gasteiger partial charge in [0.1, 0.15) is 0 Å². The van der Waals surface area contributed by atoms with Gasteiger partial charge in [-0.15, -0.1) is 0 Å². The summed E-state index contributed by atoms with van der Waals surface area (Å²) in [5.74, 6) is 0.241. The molecule has 1 unspecified atom stereocenters. The second-order valence-electron chi connectivity index (χ2n) is 5.00. The van der Waals surface area contributed by atoms with E-state index in [1.54, 1.807) is 0 Å². The summed E-state index contributed by atoms with van der Waals surface area (Å²) in [5, 5.41) is 0. The zero-order valence-electron chi connectivity index (χ0n) is 11.1. The van der Waals surface area contributed by atoms with E-state index >= 15 is 0 Å². The van der Waals surface area contributed by atoms with Gasteiger partial charge < -0.3 is 10.6 Å². The number of hydrogen-bond donors (Lipinski definition) is 1. The maximum atomic E-state index is 12.1. The molecule has 0 spiro atoms. The van der Waals surface area contributed by atoms with Gasteiger partial charge in [0.25, 0.3) is 0 Å². The monoisotopic (exact) mass is 246 g/mol. The van der Waals surface area contributed by atoms with Crippen LogP contribution in [0.5, 0.6) is 0 Å². The Hall–Kier alpha value is -1.35.